The highest BCUT2D eigenvalue weighted by Crippen LogP contribution is 2.20. The Bertz CT molecular complexity index is 1270. The van der Waals surface area contributed by atoms with E-state index in [4.69, 9.17) is 4.42 Å². The van der Waals surface area contributed by atoms with Crippen LogP contribution >= 0.6 is 15.9 Å². The highest BCUT2D eigenvalue weighted by molar-refractivity contribution is 9.10. The molecule has 0 saturated carbocycles. The fourth-order valence-corrected chi connectivity index (χ4v) is 3.35. The number of carbonyl (C=O) groups excluding carboxylic acids is 2. The molecule has 144 valence electrons. The molecular formula is C22H15BrN2O4. The Kier molecular flexibility index (Phi) is 4.90. The number of carbonyl (C=O) groups is 2. The Hall–Kier alpha value is -3.45. The smallest absolute Gasteiger partial charge is 0.301 e. The molecule has 0 atom stereocenters. The average Bonchev–Trinajstić information content (AvgIpc) is 3.27. The van der Waals surface area contributed by atoms with E-state index in [0.29, 0.717) is 16.6 Å². The SMILES string of the molecule is CN(C(=O)c1cc2ccccc2n(C(=O)c2ccco2)c1=O)c1ccc(Br)cc1. The molecule has 2 aromatic heterocycles. The van der Waals surface area contributed by atoms with Crippen molar-refractivity contribution in [3.8, 4) is 0 Å². The number of aromatic nitrogens is 1. The van der Waals surface area contributed by atoms with E-state index in [2.05, 4.69) is 15.9 Å². The topological polar surface area (TPSA) is 72.5 Å². The molecule has 2 aromatic carbocycles. The van der Waals surface area contributed by atoms with E-state index in [0.717, 1.165) is 9.04 Å². The van der Waals surface area contributed by atoms with Crippen LogP contribution in [0.5, 0.6) is 0 Å². The first kappa shape index (κ1) is 18.9. The van der Waals surface area contributed by atoms with Gasteiger partial charge in [-0.3, -0.25) is 14.4 Å². The lowest BCUT2D eigenvalue weighted by molar-refractivity contribution is 0.0933. The van der Waals surface area contributed by atoms with Gasteiger partial charge < -0.3 is 9.32 Å². The summed E-state index contributed by atoms with van der Waals surface area (Å²) in [7, 11) is 1.58. The molecule has 0 saturated heterocycles. The number of amides is 1. The number of furan rings is 1. The van der Waals surface area contributed by atoms with Gasteiger partial charge in [-0.05, 0) is 53.9 Å². The van der Waals surface area contributed by atoms with Gasteiger partial charge in [0.1, 0.15) is 5.56 Å². The Morgan fingerprint density at radius 2 is 1.72 bits per heavy atom. The molecule has 0 radical (unpaired) electrons. The summed E-state index contributed by atoms with van der Waals surface area (Å²) in [5, 5.41) is 0.597. The molecular weight excluding hydrogens is 436 g/mol. The second kappa shape index (κ2) is 7.52. The van der Waals surface area contributed by atoms with Crippen molar-refractivity contribution >= 4 is 44.3 Å². The van der Waals surface area contributed by atoms with E-state index >= 15 is 0 Å². The van der Waals surface area contributed by atoms with Crippen molar-refractivity contribution in [3.63, 3.8) is 0 Å². The highest BCUT2D eigenvalue weighted by atomic mass is 79.9. The largest absolute Gasteiger partial charge is 0.459 e. The first-order chi connectivity index (χ1) is 14.0. The quantitative estimate of drug-likeness (QED) is 0.465. The zero-order chi connectivity index (χ0) is 20.5. The maximum Gasteiger partial charge on any atom is 0.301 e. The number of fused-ring (bicyclic) bond motifs is 1. The van der Waals surface area contributed by atoms with Gasteiger partial charge in [0, 0.05) is 17.2 Å². The third-order valence-corrected chi connectivity index (χ3v) is 5.12. The molecule has 0 bridgehead atoms. The average molecular weight is 451 g/mol. The van der Waals surface area contributed by atoms with E-state index in [1.54, 1.807) is 61.6 Å². The molecule has 6 nitrogen and oxygen atoms in total. The van der Waals surface area contributed by atoms with E-state index < -0.39 is 17.4 Å². The third kappa shape index (κ3) is 3.40. The van der Waals surface area contributed by atoms with Crippen molar-refractivity contribution in [2.24, 2.45) is 0 Å². The first-order valence-corrected chi connectivity index (χ1v) is 9.53. The molecule has 4 rings (SSSR count). The Balaban J connectivity index is 1.88. The summed E-state index contributed by atoms with van der Waals surface area (Å²) >= 11 is 3.36. The van der Waals surface area contributed by atoms with Crippen molar-refractivity contribution in [2.75, 3.05) is 11.9 Å². The fourth-order valence-electron chi connectivity index (χ4n) is 3.09. The standard InChI is InChI=1S/C22H15BrN2O4/c1-24(16-10-8-15(23)9-11-16)20(26)17-13-14-5-2-3-6-18(14)25(21(17)27)22(28)19-7-4-12-29-19/h2-13H,1H3. The molecule has 0 spiro atoms. The summed E-state index contributed by atoms with van der Waals surface area (Å²) in [6.45, 7) is 0. The number of anilines is 1. The minimum absolute atomic E-state index is 0.0168. The summed E-state index contributed by atoms with van der Waals surface area (Å²) < 4.78 is 7.03. The molecule has 2 heterocycles. The lowest BCUT2D eigenvalue weighted by atomic mass is 10.1. The molecule has 1 amide bonds. The van der Waals surface area contributed by atoms with Gasteiger partial charge in [0.05, 0.1) is 11.8 Å². The van der Waals surface area contributed by atoms with Crippen LogP contribution in [0.3, 0.4) is 0 Å². The van der Waals surface area contributed by atoms with Crippen LogP contribution in [-0.2, 0) is 0 Å². The number of hydrogen-bond acceptors (Lipinski definition) is 4. The molecule has 0 unspecified atom stereocenters. The number of hydrogen-bond donors (Lipinski definition) is 0. The second-order valence-corrected chi connectivity index (χ2v) is 7.30. The van der Waals surface area contributed by atoms with Crippen molar-refractivity contribution in [3.05, 3.63) is 99.1 Å². The Labute approximate surface area is 174 Å². The maximum absolute atomic E-state index is 13.2. The minimum Gasteiger partial charge on any atom is -0.459 e. The van der Waals surface area contributed by atoms with Crippen molar-refractivity contribution in [1.29, 1.82) is 0 Å². The van der Waals surface area contributed by atoms with Crippen molar-refractivity contribution in [2.45, 2.75) is 0 Å². The van der Waals surface area contributed by atoms with Crippen molar-refractivity contribution in [1.82, 2.24) is 4.57 Å². The lowest BCUT2D eigenvalue weighted by Gasteiger charge is -2.18. The van der Waals surface area contributed by atoms with Crippen LogP contribution in [0.2, 0.25) is 0 Å². The molecule has 0 aliphatic rings. The van der Waals surface area contributed by atoms with Crippen LogP contribution < -0.4 is 10.5 Å². The Morgan fingerprint density at radius 3 is 2.41 bits per heavy atom. The molecule has 0 aliphatic heterocycles. The van der Waals surface area contributed by atoms with Crippen LogP contribution in [-0.4, -0.2) is 23.4 Å². The normalized spacial score (nSPS) is 10.8. The first-order valence-electron chi connectivity index (χ1n) is 8.74. The van der Waals surface area contributed by atoms with E-state index in [-0.39, 0.29) is 11.3 Å². The predicted molar refractivity (Wildman–Crippen MR) is 114 cm³/mol. The maximum atomic E-state index is 13.2. The molecule has 0 fully saturated rings. The van der Waals surface area contributed by atoms with Crippen molar-refractivity contribution < 1.29 is 14.0 Å². The summed E-state index contributed by atoms with van der Waals surface area (Å²) in [6.07, 6.45) is 1.36. The molecule has 4 aromatic rings. The fraction of sp³-hybridized carbons (Fsp3) is 0.0455. The number of para-hydroxylation sites is 1. The molecule has 7 heteroatoms. The monoisotopic (exact) mass is 450 g/mol. The van der Waals surface area contributed by atoms with E-state index in [9.17, 15) is 14.4 Å². The Morgan fingerprint density at radius 1 is 1.00 bits per heavy atom. The summed E-state index contributed by atoms with van der Waals surface area (Å²) in [6, 6.07) is 18.6. The van der Waals surface area contributed by atoms with Crippen LogP contribution in [0.15, 0.2) is 86.7 Å². The summed E-state index contributed by atoms with van der Waals surface area (Å²) in [5.41, 5.74) is 0.226. The highest BCUT2D eigenvalue weighted by Gasteiger charge is 2.24. The van der Waals surface area contributed by atoms with Crippen LogP contribution in [0.1, 0.15) is 20.9 Å². The summed E-state index contributed by atoms with van der Waals surface area (Å²) in [5.74, 6) is -1.12. The molecule has 29 heavy (non-hydrogen) atoms. The summed E-state index contributed by atoms with van der Waals surface area (Å²) in [4.78, 5) is 40.6. The van der Waals surface area contributed by atoms with Gasteiger partial charge in [0.25, 0.3) is 11.5 Å². The zero-order valence-electron chi connectivity index (χ0n) is 15.3. The van der Waals surface area contributed by atoms with Crippen LogP contribution in [0.4, 0.5) is 5.69 Å². The zero-order valence-corrected chi connectivity index (χ0v) is 16.9. The van der Waals surface area contributed by atoms with Crippen LogP contribution in [0.25, 0.3) is 10.9 Å². The third-order valence-electron chi connectivity index (χ3n) is 4.60. The van der Waals surface area contributed by atoms with E-state index in [1.165, 1.54) is 23.3 Å². The van der Waals surface area contributed by atoms with Gasteiger partial charge in [-0.15, -0.1) is 0 Å². The predicted octanol–water partition coefficient (Wildman–Crippen LogP) is 4.32. The number of pyridine rings is 1. The number of nitrogens with zero attached hydrogens (tertiary/aromatic N) is 2. The van der Waals surface area contributed by atoms with Gasteiger partial charge in [0.15, 0.2) is 5.76 Å². The minimum atomic E-state index is -0.695. The lowest BCUT2D eigenvalue weighted by Crippen LogP contribution is -2.36. The van der Waals surface area contributed by atoms with Crippen LogP contribution in [0, 0.1) is 0 Å². The molecule has 0 aliphatic carbocycles. The number of rotatable bonds is 3. The molecule has 0 N–H and O–H groups in total. The van der Waals surface area contributed by atoms with E-state index in [1.807, 2.05) is 0 Å². The van der Waals surface area contributed by atoms with Gasteiger partial charge in [-0.2, -0.15) is 0 Å². The van der Waals surface area contributed by atoms with Gasteiger partial charge in [0.2, 0.25) is 0 Å². The van der Waals surface area contributed by atoms with Gasteiger partial charge in [-0.25, -0.2) is 4.57 Å². The van der Waals surface area contributed by atoms with Gasteiger partial charge >= 0.3 is 5.91 Å². The number of halogens is 1. The number of benzene rings is 2. The van der Waals surface area contributed by atoms with Gasteiger partial charge in [-0.1, -0.05) is 34.1 Å². The second-order valence-electron chi connectivity index (χ2n) is 6.38.